The zero-order chi connectivity index (χ0) is 19.9. The van der Waals surface area contributed by atoms with E-state index < -0.39 is 6.16 Å². The van der Waals surface area contributed by atoms with Gasteiger partial charge in [-0.25, -0.2) is 9.18 Å². The number of ether oxygens (including phenoxy) is 1. The minimum absolute atomic E-state index is 0.245. The number of halogens is 1. The van der Waals surface area contributed by atoms with Crippen molar-refractivity contribution >= 4 is 41.0 Å². The zero-order valence-corrected chi connectivity index (χ0v) is 17.7. The first-order chi connectivity index (χ1) is 13.5. The van der Waals surface area contributed by atoms with Gasteiger partial charge in [0.05, 0.1) is 6.54 Å². The van der Waals surface area contributed by atoms with Gasteiger partial charge in [-0.15, -0.1) is 34.9 Å². The highest BCUT2D eigenvalue weighted by atomic mass is 32.2. The fourth-order valence-electron chi connectivity index (χ4n) is 2.63. The van der Waals surface area contributed by atoms with Crippen molar-refractivity contribution in [3.05, 3.63) is 75.4 Å². The molecular formula is C20H20FNO3S3. The Labute approximate surface area is 176 Å². The SMILES string of the molecule is CC(CSC1=C(OC(=O)O)C=CCN1Cc1cccs1)Sc1ccc(F)cc1. The Morgan fingerprint density at radius 3 is 2.82 bits per heavy atom. The molecule has 1 N–H and O–H groups in total. The first kappa shape index (κ1) is 20.8. The number of nitrogens with zero attached hydrogens (tertiary/aromatic N) is 1. The van der Waals surface area contributed by atoms with Crippen molar-refractivity contribution in [1.29, 1.82) is 0 Å². The van der Waals surface area contributed by atoms with Gasteiger partial charge >= 0.3 is 6.16 Å². The summed E-state index contributed by atoms with van der Waals surface area (Å²) in [6.45, 7) is 3.50. The highest BCUT2D eigenvalue weighted by molar-refractivity contribution is 8.05. The van der Waals surface area contributed by atoms with Gasteiger partial charge in [0.2, 0.25) is 0 Å². The molecule has 0 spiro atoms. The summed E-state index contributed by atoms with van der Waals surface area (Å²) < 4.78 is 18.1. The van der Waals surface area contributed by atoms with Crippen molar-refractivity contribution in [1.82, 2.24) is 4.90 Å². The molecule has 0 aliphatic carbocycles. The smallest absolute Gasteiger partial charge is 0.449 e. The van der Waals surface area contributed by atoms with Gasteiger partial charge in [0.1, 0.15) is 10.8 Å². The van der Waals surface area contributed by atoms with E-state index in [0.29, 0.717) is 18.8 Å². The molecule has 1 atom stereocenters. The molecular weight excluding hydrogens is 417 g/mol. The monoisotopic (exact) mass is 437 g/mol. The van der Waals surface area contributed by atoms with E-state index in [4.69, 9.17) is 9.84 Å². The minimum Gasteiger partial charge on any atom is -0.449 e. The lowest BCUT2D eigenvalue weighted by Crippen LogP contribution is -2.26. The Kier molecular flexibility index (Phi) is 7.47. The minimum atomic E-state index is -1.32. The maximum Gasteiger partial charge on any atom is 0.511 e. The lowest BCUT2D eigenvalue weighted by atomic mass is 10.3. The van der Waals surface area contributed by atoms with Crippen LogP contribution in [-0.2, 0) is 11.3 Å². The third-order valence-electron chi connectivity index (χ3n) is 3.82. The lowest BCUT2D eigenvalue weighted by molar-refractivity contribution is 0.119. The van der Waals surface area contributed by atoms with Crippen LogP contribution in [0.5, 0.6) is 0 Å². The number of thioether (sulfide) groups is 2. The molecule has 4 nitrogen and oxygen atoms in total. The largest absolute Gasteiger partial charge is 0.511 e. The summed E-state index contributed by atoms with van der Waals surface area (Å²) in [7, 11) is 0. The number of thiophene rings is 1. The molecule has 1 aliphatic rings. The summed E-state index contributed by atoms with van der Waals surface area (Å²) in [6.07, 6.45) is 2.32. The van der Waals surface area contributed by atoms with Crippen molar-refractivity contribution in [3.63, 3.8) is 0 Å². The molecule has 0 saturated heterocycles. The van der Waals surface area contributed by atoms with Crippen LogP contribution in [0.15, 0.2) is 69.6 Å². The van der Waals surface area contributed by atoms with E-state index in [1.807, 2.05) is 17.5 Å². The van der Waals surface area contributed by atoms with Crippen molar-refractivity contribution in [3.8, 4) is 0 Å². The van der Waals surface area contributed by atoms with E-state index in [1.54, 1.807) is 53.1 Å². The van der Waals surface area contributed by atoms with Crippen molar-refractivity contribution in [2.24, 2.45) is 0 Å². The topological polar surface area (TPSA) is 49.8 Å². The number of allylic oxidation sites excluding steroid dienone is 1. The molecule has 0 amide bonds. The standard InChI is InChI=1S/C20H20FNO3S3/c1-14(28-16-8-6-15(21)7-9-16)13-27-19-18(25-20(23)24)5-2-10-22(19)12-17-4-3-11-26-17/h2-9,11,14H,10,12-13H2,1H3,(H,23,24). The van der Waals surface area contributed by atoms with E-state index >= 15 is 0 Å². The molecule has 0 saturated carbocycles. The van der Waals surface area contributed by atoms with Crippen LogP contribution in [-0.4, -0.2) is 33.7 Å². The second-order valence-corrected chi connectivity index (χ2v) is 9.65. The second kappa shape index (κ2) is 10.0. The summed E-state index contributed by atoms with van der Waals surface area (Å²) in [5.74, 6) is 0.878. The van der Waals surface area contributed by atoms with E-state index in [0.717, 1.165) is 15.7 Å². The number of carbonyl (C=O) groups is 1. The van der Waals surface area contributed by atoms with Gasteiger partial charge in [-0.1, -0.05) is 19.1 Å². The Bertz CT molecular complexity index is 850. The molecule has 1 aliphatic heterocycles. The Morgan fingerprint density at radius 1 is 1.36 bits per heavy atom. The fraction of sp³-hybridized carbons (Fsp3) is 0.250. The van der Waals surface area contributed by atoms with E-state index in [9.17, 15) is 9.18 Å². The highest BCUT2D eigenvalue weighted by Gasteiger charge is 2.22. The molecule has 1 aromatic carbocycles. The molecule has 0 radical (unpaired) electrons. The molecule has 3 rings (SSSR count). The van der Waals surface area contributed by atoms with Crippen molar-refractivity contribution < 1.29 is 19.0 Å². The molecule has 2 aromatic rings. The normalized spacial score (nSPS) is 15.0. The first-order valence-electron chi connectivity index (χ1n) is 8.65. The zero-order valence-electron chi connectivity index (χ0n) is 15.2. The van der Waals surface area contributed by atoms with Crippen LogP contribution in [0.3, 0.4) is 0 Å². The van der Waals surface area contributed by atoms with Gasteiger partial charge in [0.15, 0.2) is 5.76 Å². The van der Waals surface area contributed by atoms with Crippen LogP contribution in [0.1, 0.15) is 11.8 Å². The number of hydrogen-bond acceptors (Lipinski definition) is 6. The molecule has 0 fully saturated rings. The quantitative estimate of drug-likeness (QED) is 0.402. The van der Waals surface area contributed by atoms with Gasteiger partial charge < -0.3 is 14.7 Å². The lowest BCUT2D eigenvalue weighted by Gasteiger charge is -2.29. The van der Waals surface area contributed by atoms with E-state index in [1.165, 1.54) is 17.0 Å². The predicted octanol–water partition coefficient (Wildman–Crippen LogP) is 6.04. The average Bonchev–Trinajstić information content (AvgIpc) is 3.16. The fourth-order valence-corrected chi connectivity index (χ4v) is 5.55. The summed E-state index contributed by atoms with van der Waals surface area (Å²) in [5, 5.41) is 12.2. The summed E-state index contributed by atoms with van der Waals surface area (Å²) in [4.78, 5) is 15.4. The third-order valence-corrected chi connectivity index (χ3v) is 7.41. The van der Waals surface area contributed by atoms with E-state index in [-0.39, 0.29) is 11.1 Å². The molecule has 1 aromatic heterocycles. The van der Waals surface area contributed by atoms with Crippen LogP contribution >= 0.6 is 34.9 Å². The van der Waals surface area contributed by atoms with Crippen LogP contribution in [0.25, 0.3) is 0 Å². The molecule has 28 heavy (non-hydrogen) atoms. The number of carboxylic acid groups (broad SMARTS) is 1. The summed E-state index contributed by atoms with van der Waals surface area (Å²) in [6, 6.07) is 10.5. The molecule has 148 valence electrons. The van der Waals surface area contributed by atoms with Crippen molar-refractivity contribution in [2.75, 3.05) is 12.3 Å². The Balaban J connectivity index is 1.69. The first-order valence-corrected chi connectivity index (χ1v) is 11.4. The van der Waals surface area contributed by atoms with Crippen LogP contribution in [0.4, 0.5) is 9.18 Å². The number of hydrogen-bond donors (Lipinski definition) is 1. The highest BCUT2D eigenvalue weighted by Crippen LogP contribution is 2.34. The number of benzene rings is 1. The average molecular weight is 438 g/mol. The Hall–Kier alpha value is -1.90. The second-order valence-electron chi connectivity index (χ2n) is 6.09. The van der Waals surface area contributed by atoms with Gasteiger partial charge in [-0.05, 0) is 41.8 Å². The van der Waals surface area contributed by atoms with Gasteiger partial charge in [-0.2, -0.15) is 0 Å². The van der Waals surface area contributed by atoms with E-state index in [2.05, 4.69) is 17.9 Å². The Morgan fingerprint density at radius 2 is 2.14 bits per heavy atom. The van der Waals surface area contributed by atoms with Gasteiger partial charge in [0.25, 0.3) is 0 Å². The van der Waals surface area contributed by atoms with Gasteiger partial charge in [-0.3, -0.25) is 0 Å². The van der Waals surface area contributed by atoms with Crippen LogP contribution in [0, 0.1) is 5.82 Å². The maximum absolute atomic E-state index is 13.1. The summed E-state index contributed by atoms with van der Waals surface area (Å²) >= 11 is 4.92. The van der Waals surface area contributed by atoms with Crippen LogP contribution < -0.4 is 0 Å². The maximum atomic E-state index is 13.1. The predicted molar refractivity (Wildman–Crippen MR) is 114 cm³/mol. The van der Waals surface area contributed by atoms with Crippen molar-refractivity contribution in [2.45, 2.75) is 23.6 Å². The molecule has 2 heterocycles. The number of rotatable bonds is 8. The van der Waals surface area contributed by atoms with Crippen LogP contribution in [0.2, 0.25) is 0 Å². The third kappa shape index (κ3) is 6.05. The molecule has 0 bridgehead atoms. The summed E-state index contributed by atoms with van der Waals surface area (Å²) in [5.41, 5.74) is 0. The van der Waals surface area contributed by atoms with Gasteiger partial charge in [0, 0.05) is 27.3 Å². The molecule has 8 heteroatoms. The molecule has 1 unspecified atom stereocenters.